The lowest BCUT2D eigenvalue weighted by atomic mass is 10.1. The lowest BCUT2D eigenvalue weighted by Crippen LogP contribution is -1.94. The molecule has 0 unspecified atom stereocenters. The van der Waals surface area contributed by atoms with Crippen LogP contribution in [0.4, 0.5) is 0 Å². The van der Waals surface area contributed by atoms with Crippen molar-refractivity contribution in [3.8, 4) is 11.5 Å². The lowest BCUT2D eigenvalue weighted by molar-refractivity contribution is 0.201. The second-order valence-corrected chi connectivity index (χ2v) is 2.56. The minimum atomic E-state index is 0.166. The van der Waals surface area contributed by atoms with Gasteiger partial charge in [0.2, 0.25) is 0 Å². The number of aromatic hydroxyl groups is 2. The fraction of sp³-hybridized carbons (Fsp3) is 0.333. The molecule has 1 aromatic rings. The first-order chi connectivity index (χ1) is 5.74. The zero-order valence-electron chi connectivity index (χ0n) is 6.95. The molecule has 0 atom stereocenters. The second-order valence-electron chi connectivity index (χ2n) is 2.56. The van der Waals surface area contributed by atoms with Crippen molar-refractivity contribution in [3.63, 3.8) is 0 Å². The van der Waals surface area contributed by atoms with E-state index in [2.05, 4.69) is 0 Å². The topological polar surface area (TPSA) is 49.7 Å². The maximum Gasteiger partial charge on any atom is 0.119 e. The van der Waals surface area contributed by atoms with E-state index in [4.69, 9.17) is 9.84 Å². The summed E-state index contributed by atoms with van der Waals surface area (Å²) in [5.74, 6) is 0.365. The molecule has 0 bridgehead atoms. The Morgan fingerprint density at radius 3 is 2.75 bits per heavy atom. The fourth-order valence-electron chi connectivity index (χ4n) is 0.984. The molecular weight excluding hydrogens is 156 g/mol. The van der Waals surface area contributed by atoms with Crippen LogP contribution in [-0.2, 0) is 11.2 Å². The summed E-state index contributed by atoms with van der Waals surface area (Å²) in [6.07, 6.45) is 0.608. The molecule has 1 rings (SSSR count). The van der Waals surface area contributed by atoms with Crippen LogP contribution in [0.5, 0.6) is 11.5 Å². The van der Waals surface area contributed by atoms with E-state index in [-0.39, 0.29) is 11.5 Å². The highest BCUT2D eigenvalue weighted by Gasteiger charge is 2.01. The van der Waals surface area contributed by atoms with Gasteiger partial charge in [0.15, 0.2) is 0 Å². The zero-order valence-corrected chi connectivity index (χ0v) is 6.95. The van der Waals surface area contributed by atoms with Gasteiger partial charge in [-0.3, -0.25) is 0 Å². The van der Waals surface area contributed by atoms with Gasteiger partial charge < -0.3 is 14.9 Å². The van der Waals surface area contributed by atoms with Gasteiger partial charge in [0.25, 0.3) is 0 Å². The van der Waals surface area contributed by atoms with Crippen molar-refractivity contribution >= 4 is 0 Å². The summed E-state index contributed by atoms with van der Waals surface area (Å²) in [5.41, 5.74) is 0.705. The number of phenols is 2. The number of methoxy groups -OCH3 is 1. The summed E-state index contributed by atoms with van der Waals surface area (Å²) in [7, 11) is 1.60. The van der Waals surface area contributed by atoms with E-state index in [1.807, 2.05) is 0 Å². The van der Waals surface area contributed by atoms with Crippen molar-refractivity contribution < 1.29 is 14.9 Å². The zero-order chi connectivity index (χ0) is 8.97. The number of hydrogen-bond acceptors (Lipinski definition) is 3. The monoisotopic (exact) mass is 168 g/mol. The Labute approximate surface area is 71.2 Å². The molecule has 0 aliphatic heterocycles. The van der Waals surface area contributed by atoms with E-state index >= 15 is 0 Å². The minimum absolute atomic E-state index is 0.166. The van der Waals surface area contributed by atoms with E-state index in [9.17, 15) is 5.11 Å². The Hall–Kier alpha value is -1.22. The normalized spacial score (nSPS) is 10.1. The Morgan fingerprint density at radius 1 is 1.33 bits per heavy atom. The van der Waals surface area contributed by atoms with Crippen molar-refractivity contribution in [2.75, 3.05) is 13.7 Å². The third-order valence-corrected chi connectivity index (χ3v) is 1.64. The molecule has 66 valence electrons. The molecule has 0 aliphatic carbocycles. The van der Waals surface area contributed by atoms with E-state index < -0.39 is 0 Å². The summed E-state index contributed by atoms with van der Waals surface area (Å²) in [6, 6.07) is 4.46. The van der Waals surface area contributed by atoms with Gasteiger partial charge in [-0.05, 0) is 30.2 Å². The molecule has 0 spiro atoms. The van der Waals surface area contributed by atoms with Crippen LogP contribution in [0.3, 0.4) is 0 Å². The van der Waals surface area contributed by atoms with Gasteiger partial charge in [0.05, 0.1) is 6.61 Å². The van der Waals surface area contributed by atoms with Crippen molar-refractivity contribution in [1.29, 1.82) is 0 Å². The van der Waals surface area contributed by atoms with Crippen LogP contribution in [0.15, 0.2) is 18.2 Å². The van der Waals surface area contributed by atoms with Gasteiger partial charge in [0.1, 0.15) is 11.5 Å². The Bertz CT molecular complexity index is 258. The standard InChI is InChI=1S/C9H12O3/c1-12-5-4-7-6-8(10)2-3-9(7)11/h2-3,6,10-11H,4-5H2,1H3. The van der Waals surface area contributed by atoms with Crippen molar-refractivity contribution in [2.24, 2.45) is 0 Å². The van der Waals surface area contributed by atoms with Crippen LogP contribution >= 0.6 is 0 Å². The molecule has 0 heterocycles. The molecule has 3 nitrogen and oxygen atoms in total. The van der Waals surface area contributed by atoms with Gasteiger partial charge in [-0.25, -0.2) is 0 Å². The number of hydrogen-bond donors (Lipinski definition) is 2. The van der Waals surface area contributed by atoms with Gasteiger partial charge in [0, 0.05) is 7.11 Å². The van der Waals surface area contributed by atoms with E-state index in [0.717, 1.165) is 0 Å². The first-order valence-corrected chi connectivity index (χ1v) is 3.74. The van der Waals surface area contributed by atoms with Gasteiger partial charge in [-0.15, -0.1) is 0 Å². The van der Waals surface area contributed by atoms with Crippen LogP contribution in [0, 0.1) is 0 Å². The molecule has 0 aromatic heterocycles. The summed E-state index contributed by atoms with van der Waals surface area (Å²) in [6.45, 7) is 0.539. The van der Waals surface area contributed by atoms with Crippen LogP contribution in [0.2, 0.25) is 0 Å². The first kappa shape index (κ1) is 8.87. The highest BCUT2D eigenvalue weighted by Crippen LogP contribution is 2.22. The molecule has 0 aliphatic rings. The van der Waals surface area contributed by atoms with Crippen molar-refractivity contribution in [1.82, 2.24) is 0 Å². The largest absolute Gasteiger partial charge is 0.508 e. The highest BCUT2D eigenvalue weighted by atomic mass is 16.5. The summed E-state index contributed by atoms with van der Waals surface area (Å²) in [4.78, 5) is 0. The maximum atomic E-state index is 9.29. The maximum absolute atomic E-state index is 9.29. The third-order valence-electron chi connectivity index (χ3n) is 1.64. The van der Waals surface area contributed by atoms with Crippen LogP contribution in [0.25, 0.3) is 0 Å². The molecule has 12 heavy (non-hydrogen) atoms. The minimum Gasteiger partial charge on any atom is -0.508 e. The SMILES string of the molecule is COCCc1cc(O)ccc1O. The second kappa shape index (κ2) is 3.97. The predicted octanol–water partition coefficient (Wildman–Crippen LogP) is 1.29. The average molecular weight is 168 g/mol. The molecule has 3 heteroatoms. The van der Waals surface area contributed by atoms with E-state index in [0.29, 0.717) is 18.6 Å². The van der Waals surface area contributed by atoms with Crippen LogP contribution < -0.4 is 0 Å². The van der Waals surface area contributed by atoms with Crippen LogP contribution in [0.1, 0.15) is 5.56 Å². The van der Waals surface area contributed by atoms with E-state index in [1.165, 1.54) is 18.2 Å². The molecule has 0 radical (unpaired) electrons. The number of phenolic OH excluding ortho intramolecular Hbond substituents is 2. The Morgan fingerprint density at radius 2 is 2.08 bits per heavy atom. The summed E-state index contributed by atoms with van der Waals surface area (Å²) >= 11 is 0. The first-order valence-electron chi connectivity index (χ1n) is 3.74. The van der Waals surface area contributed by atoms with Gasteiger partial charge >= 0.3 is 0 Å². The summed E-state index contributed by atoms with van der Waals surface area (Å²) < 4.78 is 4.85. The van der Waals surface area contributed by atoms with Crippen LogP contribution in [-0.4, -0.2) is 23.9 Å². The molecule has 2 N–H and O–H groups in total. The molecule has 0 saturated carbocycles. The highest BCUT2D eigenvalue weighted by molar-refractivity contribution is 5.38. The Kier molecular flexibility index (Phi) is 2.94. The number of benzene rings is 1. The molecule has 0 saturated heterocycles. The molecule has 0 fully saturated rings. The van der Waals surface area contributed by atoms with Crippen molar-refractivity contribution in [2.45, 2.75) is 6.42 Å². The quantitative estimate of drug-likeness (QED) is 0.668. The van der Waals surface area contributed by atoms with Gasteiger partial charge in [-0.1, -0.05) is 0 Å². The van der Waals surface area contributed by atoms with E-state index in [1.54, 1.807) is 7.11 Å². The molecular formula is C9H12O3. The third kappa shape index (κ3) is 2.13. The Balaban J connectivity index is 2.75. The number of rotatable bonds is 3. The smallest absolute Gasteiger partial charge is 0.119 e. The summed E-state index contributed by atoms with van der Waals surface area (Å²) in [5, 5.41) is 18.4. The molecule has 1 aromatic carbocycles. The molecule has 0 amide bonds. The fourth-order valence-corrected chi connectivity index (χ4v) is 0.984. The average Bonchev–Trinajstić information content (AvgIpc) is 2.07. The van der Waals surface area contributed by atoms with Gasteiger partial charge in [-0.2, -0.15) is 0 Å². The predicted molar refractivity (Wildman–Crippen MR) is 45.4 cm³/mol. The number of ether oxygens (including phenoxy) is 1. The lowest BCUT2D eigenvalue weighted by Gasteiger charge is -2.03. The van der Waals surface area contributed by atoms with Crippen molar-refractivity contribution in [3.05, 3.63) is 23.8 Å².